The van der Waals surface area contributed by atoms with Crippen LogP contribution in [0.5, 0.6) is 0 Å². The fourth-order valence-electron chi connectivity index (χ4n) is 6.51. The second-order valence-electron chi connectivity index (χ2n) is 12.3. The number of oxime groups is 1. The summed E-state index contributed by atoms with van der Waals surface area (Å²) < 4.78 is 0. The van der Waals surface area contributed by atoms with Gasteiger partial charge in [0, 0.05) is 11.8 Å². The fourth-order valence-corrected chi connectivity index (χ4v) is 6.51. The largest absolute Gasteiger partial charge is 0.396 e. The smallest absolute Gasteiger partial charge is 0.114 e. The molecule has 3 aliphatic rings. The summed E-state index contributed by atoms with van der Waals surface area (Å²) in [7, 11) is 0. The van der Waals surface area contributed by atoms with Gasteiger partial charge < -0.3 is 15.1 Å². The van der Waals surface area contributed by atoms with Gasteiger partial charge in [0.15, 0.2) is 0 Å². The van der Waals surface area contributed by atoms with Gasteiger partial charge in [0.1, 0.15) is 6.61 Å². The lowest BCUT2D eigenvalue weighted by molar-refractivity contribution is 0.0862. The maximum atomic E-state index is 10.2. The third kappa shape index (κ3) is 6.57. The van der Waals surface area contributed by atoms with Gasteiger partial charge in [-0.05, 0) is 86.7 Å². The Kier molecular flexibility index (Phi) is 9.26. The van der Waals surface area contributed by atoms with E-state index < -0.39 is 12.2 Å². The van der Waals surface area contributed by atoms with Crippen molar-refractivity contribution in [2.75, 3.05) is 6.61 Å². The van der Waals surface area contributed by atoms with E-state index in [1.54, 1.807) is 5.57 Å². The van der Waals surface area contributed by atoms with E-state index in [0.29, 0.717) is 31.3 Å². The molecule has 0 saturated heterocycles. The first-order chi connectivity index (χ1) is 16.5. The van der Waals surface area contributed by atoms with E-state index in [-0.39, 0.29) is 10.8 Å². The highest BCUT2D eigenvalue weighted by Crippen LogP contribution is 2.57. The van der Waals surface area contributed by atoms with Gasteiger partial charge in [-0.25, -0.2) is 0 Å². The van der Waals surface area contributed by atoms with Crippen molar-refractivity contribution >= 4 is 5.71 Å². The highest BCUT2D eigenvalue weighted by atomic mass is 16.6. The molecule has 0 heterocycles. The number of aliphatic hydroxyl groups is 2. The number of fused-ring (bicyclic) bond motifs is 1. The summed E-state index contributed by atoms with van der Waals surface area (Å²) in [5, 5.41) is 24.7. The summed E-state index contributed by atoms with van der Waals surface area (Å²) in [4.78, 5) is 5.40. The van der Waals surface area contributed by atoms with Gasteiger partial charge in [-0.2, -0.15) is 0 Å². The van der Waals surface area contributed by atoms with E-state index in [9.17, 15) is 10.2 Å². The topological polar surface area (TPSA) is 62.0 Å². The van der Waals surface area contributed by atoms with E-state index in [1.165, 1.54) is 24.8 Å². The fraction of sp³-hybridized carbons (Fsp3) is 0.710. The molecule has 35 heavy (non-hydrogen) atoms. The standard InChI is InChI=1S/C31H49NO3/c1-8-35-32-29(30(4,5)6)13-9-11-21(2)26-16-17-27-23(12-10-18-31(26,27)7)14-15-24-19-25(33)20-28(34)22(24)3/h14-16,21,25,27-28,33-34H,3,8-13,17-20H2,1-2,4-7H3/t21-,25+,27+,28-,31-/m1/s1. The Labute approximate surface area is 213 Å². The summed E-state index contributed by atoms with van der Waals surface area (Å²) in [6.07, 6.45) is 14.9. The second kappa shape index (κ2) is 11.6. The average molecular weight is 484 g/mol. The molecule has 4 nitrogen and oxygen atoms in total. The average Bonchev–Trinajstić information content (AvgIpc) is 3.14. The molecule has 196 valence electrons. The third-order valence-electron chi connectivity index (χ3n) is 8.63. The molecule has 5 atom stereocenters. The van der Waals surface area contributed by atoms with Gasteiger partial charge in [0.05, 0.1) is 17.9 Å². The first kappa shape index (κ1) is 27.9. The molecule has 2 N–H and O–H groups in total. The van der Waals surface area contributed by atoms with Crippen LogP contribution in [0.1, 0.15) is 99.3 Å². The molecule has 0 unspecified atom stereocenters. The van der Waals surface area contributed by atoms with Crippen molar-refractivity contribution in [1.82, 2.24) is 0 Å². The molecule has 2 fully saturated rings. The normalized spacial score (nSPS) is 33.1. The van der Waals surface area contributed by atoms with Gasteiger partial charge in [-0.3, -0.25) is 0 Å². The molecule has 0 aromatic rings. The van der Waals surface area contributed by atoms with Crippen molar-refractivity contribution in [2.45, 2.75) is 112 Å². The number of hydrogen-bond acceptors (Lipinski definition) is 4. The molecule has 0 radical (unpaired) electrons. The molecular weight excluding hydrogens is 434 g/mol. The van der Waals surface area contributed by atoms with Crippen LogP contribution in [0.15, 0.2) is 52.3 Å². The minimum absolute atomic E-state index is 0.0371. The first-order valence-electron chi connectivity index (χ1n) is 13.8. The molecule has 0 aromatic carbocycles. The van der Waals surface area contributed by atoms with E-state index in [2.05, 4.69) is 64.6 Å². The lowest BCUT2D eigenvalue weighted by atomic mass is 9.62. The van der Waals surface area contributed by atoms with Crippen LogP contribution in [0.25, 0.3) is 0 Å². The number of hydrogen-bond donors (Lipinski definition) is 2. The lowest BCUT2D eigenvalue weighted by Crippen LogP contribution is -2.32. The molecule has 0 spiro atoms. The van der Waals surface area contributed by atoms with Gasteiger partial charge >= 0.3 is 0 Å². The van der Waals surface area contributed by atoms with Crippen LogP contribution >= 0.6 is 0 Å². The molecule has 0 bridgehead atoms. The van der Waals surface area contributed by atoms with Gasteiger partial charge in [0.2, 0.25) is 0 Å². The molecule has 0 aromatic heterocycles. The van der Waals surface area contributed by atoms with Gasteiger partial charge in [-0.15, -0.1) is 0 Å². The van der Waals surface area contributed by atoms with Crippen molar-refractivity contribution in [2.24, 2.45) is 27.8 Å². The zero-order chi connectivity index (χ0) is 25.8. The van der Waals surface area contributed by atoms with E-state index in [1.807, 2.05) is 6.92 Å². The molecule has 3 aliphatic carbocycles. The second-order valence-corrected chi connectivity index (χ2v) is 12.3. The van der Waals surface area contributed by atoms with Crippen LogP contribution in [0.4, 0.5) is 0 Å². The van der Waals surface area contributed by atoms with Crippen LogP contribution in [-0.4, -0.2) is 34.7 Å². The molecule has 0 aliphatic heterocycles. The Morgan fingerprint density at radius 3 is 2.74 bits per heavy atom. The molecule has 4 heteroatoms. The van der Waals surface area contributed by atoms with Crippen LogP contribution < -0.4 is 0 Å². The summed E-state index contributed by atoms with van der Waals surface area (Å²) >= 11 is 0. The minimum Gasteiger partial charge on any atom is -0.396 e. The SMILES string of the molecule is C=C1C(=CC=C2CCC[C@]3(C)C([C@H](C)CCCC(=NOCC)C(C)(C)C)=CC[C@@H]23)C[C@H](O)C[C@H]1O. The van der Waals surface area contributed by atoms with Crippen LogP contribution in [-0.2, 0) is 4.84 Å². The summed E-state index contributed by atoms with van der Waals surface area (Å²) in [6, 6.07) is 0. The third-order valence-corrected chi connectivity index (χ3v) is 8.63. The Morgan fingerprint density at radius 2 is 2.06 bits per heavy atom. The van der Waals surface area contributed by atoms with Crippen LogP contribution in [0.2, 0.25) is 0 Å². The Hall–Kier alpha value is -1.65. The molecule has 0 amide bonds. The van der Waals surface area contributed by atoms with Gasteiger partial charge in [0.25, 0.3) is 0 Å². The zero-order valence-electron chi connectivity index (χ0n) is 23.1. The van der Waals surface area contributed by atoms with Crippen molar-refractivity contribution < 1.29 is 15.1 Å². The summed E-state index contributed by atoms with van der Waals surface area (Å²) in [6.45, 7) is 18.2. The minimum atomic E-state index is -0.627. The predicted octanol–water partition coefficient (Wildman–Crippen LogP) is 7.29. The van der Waals surface area contributed by atoms with E-state index in [4.69, 9.17) is 4.84 Å². The summed E-state index contributed by atoms with van der Waals surface area (Å²) in [5.74, 6) is 1.13. The van der Waals surface area contributed by atoms with Crippen molar-refractivity contribution in [3.63, 3.8) is 0 Å². The first-order valence-corrected chi connectivity index (χ1v) is 13.8. The van der Waals surface area contributed by atoms with Crippen LogP contribution in [0, 0.1) is 22.7 Å². The Bertz CT molecular complexity index is 887. The van der Waals surface area contributed by atoms with E-state index >= 15 is 0 Å². The lowest BCUT2D eigenvalue weighted by Gasteiger charge is -2.42. The summed E-state index contributed by atoms with van der Waals surface area (Å²) in [5.41, 5.74) is 6.36. The zero-order valence-corrected chi connectivity index (χ0v) is 23.1. The molecular formula is C31H49NO3. The highest BCUT2D eigenvalue weighted by molar-refractivity contribution is 5.88. The monoisotopic (exact) mass is 483 g/mol. The highest BCUT2D eigenvalue weighted by Gasteiger charge is 2.45. The predicted molar refractivity (Wildman–Crippen MR) is 146 cm³/mol. The Morgan fingerprint density at radius 1 is 1.31 bits per heavy atom. The van der Waals surface area contributed by atoms with Crippen LogP contribution in [0.3, 0.4) is 0 Å². The van der Waals surface area contributed by atoms with Crippen molar-refractivity contribution in [1.29, 1.82) is 0 Å². The number of nitrogens with zero attached hydrogens (tertiary/aromatic N) is 1. The number of aliphatic hydroxyl groups excluding tert-OH is 2. The van der Waals surface area contributed by atoms with E-state index in [0.717, 1.165) is 42.5 Å². The molecule has 3 rings (SSSR count). The maximum absolute atomic E-state index is 10.2. The van der Waals surface area contributed by atoms with Crippen molar-refractivity contribution in [3.8, 4) is 0 Å². The van der Waals surface area contributed by atoms with Gasteiger partial charge in [-0.1, -0.05) is 75.7 Å². The number of rotatable bonds is 8. The van der Waals surface area contributed by atoms with Crippen molar-refractivity contribution in [3.05, 3.63) is 47.1 Å². The molecule has 2 saturated carbocycles. The number of allylic oxidation sites excluding steroid dienone is 5. The quantitative estimate of drug-likeness (QED) is 0.216. The Balaban J connectivity index is 1.66. The maximum Gasteiger partial charge on any atom is 0.114 e.